The Hall–Kier alpha value is -3.32. The maximum Gasteiger partial charge on any atom is 0.266 e. The monoisotopic (exact) mass is 401 g/mol. The average molecular weight is 401 g/mol. The third kappa shape index (κ3) is 3.64. The van der Waals surface area contributed by atoms with E-state index in [1.807, 2.05) is 30.3 Å². The zero-order valence-corrected chi connectivity index (χ0v) is 16.9. The molecule has 0 N–H and O–H groups in total. The summed E-state index contributed by atoms with van der Waals surface area (Å²) in [6.07, 6.45) is 5.00. The third-order valence-electron chi connectivity index (χ3n) is 5.55. The molecule has 152 valence electrons. The second kappa shape index (κ2) is 8.20. The third-order valence-corrected chi connectivity index (χ3v) is 5.55. The fraction of sp³-hybridized carbons (Fsp3) is 0.304. The number of nitrogens with zero attached hydrogens (tertiary/aromatic N) is 5. The van der Waals surface area contributed by atoms with Gasteiger partial charge in [-0.3, -0.25) is 9.88 Å². The van der Waals surface area contributed by atoms with Crippen LogP contribution in [0.4, 0.5) is 0 Å². The number of ether oxygens (including phenoxy) is 1. The van der Waals surface area contributed by atoms with Gasteiger partial charge in [0.1, 0.15) is 17.0 Å². The number of rotatable bonds is 5. The highest BCUT2D eigenvalue weighted by Gasteiger charge is 2.29. The second-order valence-corrected chi connectivity index (χ2v) is 7.48. The Kier molecular flexibility index (Phi) is 5.11. The first-order valence-electron chi connectivity index (χ1n) is 10.2. The van der Waals surface area contributed by atoms with Crippen LogP contribution in [0.1, 0.15) is 36.9 Å². The molecule has 1 fully saturated rings. The molecule has 0 bridgehead atoms. The van der Waals surface area contributed by atoms with E-state index in [4.69, 9.17) is 14.1 Å². The number of likely N-dealkylation sites (tertiary alicyclic amines) is 1. The molecule has 1 aromatic carbocycles. The smallest absolute Gasteiger partial charge is 0.266 e. The van der Waals surface area contributed by atoms with Crippen LogP contribution in [0.3, 0.4) is 0 Å². The van der Waals surface area contributed by atoms with Crippen molar-refractivity contribution >= 4 is 10.9 Å². The van der Waals surface area contributed by atoms with E-state index in [2.05, 4.69) is 38.3 Å². The Bertz CT molecular complexity index is 1140. The van der Waals surface area contributed by atoms with E-state index in [0.717, 1.165) is 54.7 Å². The summed E-state index contributed by atoms with van der Waals surface area (Å²) in [5, 5.41) is 9.65. The molecule has 4 heterocycles. The topological polar surface area (TPSA) is 77.2 Å². The summed E-state index contributed by atoms with van der Waals surface area (Å²) in [4.78, 5) is 11.6. The van der Waals surface area contributed by atoms with Crippen LogP contribution in [0, 0.1) is 0 Å². The van der Waals surface area contributed by atoms with Gasteiger partial charge in [-0.05, 0) is 43.7 Å². The number of piperidine rings is 1. The number of pyridine rings is 2. The molecule has 1 atom stereocenters. The van der Waals surface area contributed by atoms with Crippen molar-refractivity contribution in [2.75, 3.05) is 13.7 Å². The van der Waals surface area contributed by atoms with Gasteiger partial charge in [-0.1, -0.05) is 30.7 Å². The maximum absolute atomic E-state index is 6.02. The predicted octanol–water partition coefficient (Wildman–Crippen LogP) is 4.42. The zero-order chi connectivity index (χ0) is 20.3. The van der Waals surface area contributed by atoms with Gasteiger partial charge in [0.05, 0.1) is 18.8 Å². The fourth-order valence-corrected chi connectivity index (χ4v) is 4.04. The van der Waals surface area contributed by atoms with Crippen LogP contribution in [0.5, 0.6) is 5.75 Å². The van der Waals surface area contributed by atoms with Crippen molar-refractivity contribution in [1.29, 1.82) is 0 Å². The minimum atomic E-state index is 0.0823. The van der Waals surface area contributed by atoms with Crippen molar-refractivity contribution < 1.29 is 9.15 Å². The van der Waals surface area contributed by atoms with Gasteiger partial charge in [0.2, 0.25) is 5.89 Å². The van der Waals surface area contributed by atoms with Crippen LogP contribution in [0.15, 0.2) is 59.1 Å². The molecule has 1 aliphatic rings. The molecule has 0 amide bonds. The van der Waals surface area contributed by atoms with Crippen molar-refractivity contribution in [3.63, 3.8) is 0 Å². The minimum Gasteiger partial charge on any atom is -0.494 e. The molecule has 30 heavy (non-hydrogen) atoms. The Morgan fingerprint density at radius 3 is 2.90 bits per heavy atom. The first-order valence-corrected chi connectivity index (χ1v) is 10.2. The number of hydrogen-bond donors (Lipinski definition) is 0. The number of benzene rings is 1. The van der Waals surface area contributed by atoms with Gasteiger partial charge >= 0.3 is 0 Å². The molecule has 5 rings (SSSR count). The van der Waals surface area contributed by atoms with Gasteiger partial charge in [0.15, 0.2) is 0 Å². The maximum atomic E-state index is 6.02. The summed E-state index contributed by atoms with van der Waals surface area (Å²) in [5.74, 6) is 1.90. The van der Waals surface area contributed by atoms with E-state index in [0.29, 0.717) is 17.5 Å². The van der Waals surface area contributed by atoms with E-state index < -0.39 is 0 Å². The average Bonchev–Trinajstić information content (AvgIpc) is 3.30. The van der Waals surface area contributed by atoms with Crippen LogP contribution < -0.4 is 4.74 Å². The van der Waals surface area contributed by atoms with Crippen molar-refractivity contribution in [1.82, 2.24) is 25.1 Å². The van der Waals surface area contributed by atoms with Gasteiger partial charge in [0.25, 0.3) is 5.89 Å². The van der Waals surface area contributed by atoms with Crippen LogP contribution in [0.2, 0.25) is 0 Å². The molecule has 0 aliphatic carbocycles. The van der Waals surface area contributed by atoms with Gasteiger partial charge in [-0.25, -0.2) is 4.98 Å². The molecule has 4 aromatic rings. The lowest BCUT2D eigenvalue weighted by Crippen LogP contribution is -2.33. The molecular weight excluding hydrogens is 378 g/mol. The summed E-state index contributed by atoms with van der Waals surface area (Å²) in [7, 11) is 1.68. The van der Waals surface area contributed by atoms with E-state index in [1.165, 1.54) is 0 Å². The first-order chi connectivity index (χ1) is 14.8. The summed E-state index contributed by atoms with van der Waals surface area (Å²) < 4.78 is 11.5. The van der Waals surface area contributed by atoms with Crippen LogP contribution in [-0.4, -0.2) is 38.7 Å². The van der Waals surface area contributed by atoms with E-state index >= 15 is 0 Å². The molecule has 1 aliphatic heterocycles. The number of para-hydroxylation sites is 1. The molecule has 0 radical (unpaired) electrons. The van der Waals surface area contributed by atoms with Crippen molar-refractivity contribution in [3.05, 3.63) is 66.3 Å². The zero-order valence-electron chi connectivity index (χ0n) is 16.9. The molecule has 0 saturated carbocycles. The summed E-state index contributed by atoms with van der Waals surface area (Å²) in [6, 6.07) is 15.9. The second-order valence-electron chi connectivity index (χ2n) is 7.48. The quantitative estimate of drug-likeness (QED) is 0.490. The Labute approximate surface area is 174 Å². The number of methoxy groups -OCH3 is 1. The normalized spacial score (nSPS) is 17.3. The number of hydrogen-bond acceptors (Lipinski definition) is 7. The van der Waals surface area contributed by atoms with Gasteiger partial charge in [0, 0.05) is 18.1 Å². The van der Waals surface area contributed by atoms with E-state index in [1.54, 1.807) is 13.3 Å². The van der Waals surface area contributed by atoms with E-state index in [9.17, 15) is 0 Å². The summed E-state index contributed by atoms with van der Waals surface area (Å²) >= 11 is 0. The molecule has 0 spiro atoms. The van der Waals surface area contributed by atoms with Gasteiger partial charge in [-0.15, -0.1) is 10.2 Å². The minimum absolute atomic E-state index is 0.0823. The SMILES string of the molecule is COc1cccc2ccc(CN3CCCCC3c3nnc(-c4ccccn4)o3)nc12. The molecule has 1 unspecified atom stereocenters. The lowest BCUT2D eigenvalue weighted by atomic mass is 10.0. The lowest BCUT2D eigenvalue weighted by molar-refractivity contribution is 0.117. The van der Waals surface area contributed by atoms with Crippen molar-refractivity contribution in [2.24, 2.45) is 0 Å². The molecule has 1 saturated heterocycles. The molecular formula is C23H23N5O2. The first kappa shape index (κ1) is 18.7. The van der Waals surface area contributed by atoms with Gasteiger partial charge < -0.3 is 9.15 Å². The van der Waals surface area contributed by atoms with Crippen molar-refractivity contribution in [2.45, 2.75) is 31.8 Å². The highest BCUT2D eigenvalue weighted by atomic mass is 16.5. The standard InChI is InChI=1S/C23H23N5O2/c1-29-20-10-6-7-16-11-12-17(25-21(16)20)15-28-14-5-3-9-19(28)23-27-26-22(30-23)18-8-2-4-13-24-18/h2,4,6-8,10-13,19H,3,5,9,14-15H2,1H3. The number of aromatic nitrogens is 4. The highest BCUT2D eigenvalue weighted by molar-refractivity contribution is 5.84. The Morgan fingerprint density at radius 2 is 2.03 bits per heavy atom. The Morgan fingerprint density at radius 1 is 1.07 bits per heavy atom. The van der Waals surface area contributed by atoms with Crippen LogP contribution >= 0.6 is 0 Å². The van der Waals surface area contributed by atoms with Crippen LogP contribution in [0.25, 0.3) is 22.5 Å². The Balaban J connectivity index is 1.41. The largest absolute Gasteiger partial charge is 0.494 e. The fourth-order valence-electron chi connectivity index (χ4n) is 4.04. The van der Waals surface area contributed by atoms with Crippen molar-refractivity contribution in [3.8, 4) is 17.3 Å². The predicted molar refractivity (Wildman–Crippen MR) is 113 cm³/mol. The summed E-state index contributed by atoms with van der Waals surface area (Å²) in [5.41, 5.74) is 2.59. The number of fused-ring (bicyclic) bond motifs is 1. The van der Waals surface area contributed by atoms with Gasteiger partial charge in [-0.2, -0.15) is 0 Å². The summed E-state index contributed by atoms with van der Waals surface area (Å²) in [6.45, 7) is 1.69. The molecule has 7 nitrogen and oxygen atoms in total. The van der Waals surface area contributed by atoms with Crippen LogP contribution in [-0.2, 0) is 6.54 Å². The van der Waals surface area contributed by atoms with E-state index in [-0.39, 0.29) is 6.04 Å². The lowest BCUT2D eigenvalue weighted by Gasteiger charge is -2.33. The highest BCUT2D eigenvalue weighted by Crippen LogP contribution is 2.33. The molecule has 7 heteroatoms. The molecule has 3 aromatic heterocycles.